The van der Waals surface area contributed by atoms with Crippen LogP contribution >= 0.6 is 0 Å². The summed E-state index contributed by atoms with van der Waals surface area (Å²) >= 11 is 0. The van der Waals surface area contributed by atoms with E-state index in [0.717, 1.165) is 31.2 Å². The molecule has 0 amide bonds. The number of rotatable bonds is 7. The van der Waals surface area contributed by atoms with Gasteiger partial charge < -0.3 is 0 Å². The second-order valence-corrected chi connectivity index (χ2v) is 8.00. The fourth-order valence-electron chi connectivity index (χ4n) is 2.45. The molecular weight excluding hydrogens is 282 g/mol. The number of hydrogen-bond donors (Lipinski definition) is 0. The Morgan fingerprint density at radius 3 is 2.52 bits per heavy atom. The van der Waals surface area contributed by atoms with Crippen LogP contribution in [0.3, 0.4) is 0 Å². The van der Waals surface area contributed by atoms with Gasteiger partial charge in [0.1, 0.15) is 0 Å². The predicted molar refractivity (Wildman–Crippen MR) is 86.8 cm³/mol. The van der Waals surface area contributed by atoms with E-state index < -0.39 is 10.0 Å². The van der Waals surface area contributed by atoms with Crippen LogP contribution in [0, 0.1) is 6.92 Å². The number of sulfonamides is 1. The molecule has 0 aromatic heterocycles. The number of aryl methyl sites for hydroxylation is 1. The van der Waals surface area contributed by atoms with Gasteiger partial charge >= 0.3 is 0 Å². The molecule has 3 nitrogen and oxygen atoms in total. The lowest BCUT2D eigenvalue weighted by atomic mass is 10.1. The van der Waals surface area contributed by atoms with Gasteiger partial charge in [-0.05, 0) is 52.2 Å². The summed E-state index contributed by atoms with van der Waals surface area (Å²) in [4.78, 5) is 0.417. The zero-order valence-corrected chi connectivity index (χ0v) is 14.0. The Hall–Kier alpha value is -1.13. The van der Waals surface area contributed by atoms with Crippen molar-refractivity contribution in [3.63, 3.8) is 0 Å². The summed E-state index contributed by atoms with van der Waals surface area (Å²) in [5.74, 6) is 0. The highest BCUT2D eigenvalue weighted by Gasteiger charge is 2.43. The quantitative estimate of drug-likeness (QED) is 0.435. The van der Waals surface area contributed by atoms with Gasteiger partial charge in [-0.25, -0.2) is 8.42 Å². The summed E-state index contributed by atoms with van der Waals surface area (Å²) in [5.41, 5.74) is 2.43. The molecule has 1 fully saturated rings. The third kappa shape index (κ3) is 4.42. The minimum atomic E-state index is -3.27. The van der Waals surface area contributed by atoms with E-state index >= 15 is 0 Å². The van der Waals surface area contributed by atoms with Gasteiger partial charge in [-0.2, -0.15) is 4.31 Å². The maximum Gasteiger partial charge on any atom is 0.243 e. The van der Waals surface area contributed by atoms with Crippen LogP contribution in [-0.2, 0) is 10.0 Å². The molecule has 1 saturated heterocycles. The molecule has 0 radical (unpaired) electrons. The summed E-state index contributed by atoms with van der Waals surface area (Å²) in [7, 11) is -3.27. The van der Waals surface area contributed by atoms with Crippen LogP contribution in [0.1, 0.15) is 45.1 Å². The molecule has 0 bridgehead atoms. The first-order valence-corrected chi connectivity index (χ1v) is 9.07. The van der Waals surface area contributed by atoms with Crippen LogP contribution in [0.15, 0.2) is 40.8 Å². The van der Waals surface area contributed by atoms with Gasteiger partial charge in [0, 0.05) is 12.6 Å². The van der Waals surface area contributed by atoms with Crippen molar-refractivity contribution in [2.24, 2.45) is 0 Å². The standard InChI is InChI=1S/C17H25NO2S/c1-14(2)7-5-4-6-8-16-13-18(16)21(19,20)17-11-9-15(3)10-12-17/h7,9-12,16H,4-6,8,13H2,1-3H3. The van der Waals surface area contributed by atoms with E-state index in [9.17, 15) is 8.42 Å². The number of allylic oxidation sites excluding steroid dienone is 2. The molecule has 0 spiro atoms. The summed E-state index contributed by atoms with van der Waals surface area (Å²) in [5, 5.41) is 0. The lowest BCUT2D eigenvalue weighted by Crippen LogP contribution is -2.14. The molecule has 2 rings (SSSR count). The predicted octanol–water partition coefficient (Wildman–Crippen LogP) is 3.89. The highest BCUT2D eigenvalue weighted by molar-refractivity contribution is 7.89. The van der Waals surface area contributed by atoms with Gasteiger partial charge in [-0.1, -0.05) is 35.8 Å². The van der Waals surface area contributed by atoms with E-state index in [-0.39, 0.29) is 6.04 Å². The number of nitrogens with zero attached hydrogens (tertiary/aromatic N) is 1. The Morgan fingerprint density at radius 1 is 1.24 bits per heavy atom. The zero-order chi connectivity index (χ0) is 15.5. The lowest BCUT2D eigenvalue weighted by molar-refractivity contribution is 0.541. The lowest BCUT2D eigenvalue weighted by Gasteiger charge is -2.06. The van der Waals surface area contributed by atoms with Crippen molar-refractivity contribution in [1.29, 1.82) is 0 Å². The minimum absolute atomic E-state index is 0.211. The van der Waals surface area contributed by atoms with Gasteiger partial charge in [0.25, 0.3) is 0 Å². The van der Waals surface area contributed by atoms with Gasteiger partial charge in [-0.3, -0.25) is 0 Å². The van der Waals surface area contributed by atoms with E-state index in [4.69, 9.17) is 0 Å². The first-order chi connectivity index (χ1) is 9.91. The van der Waals surface area contributed by atoms with Crippen LogP contribution < -0.4 is 0 Å². The Bertz CT molecular complexity index is 598. The fourth-order valence-corrected chi connectivity index (χ4v) is 4.07. The minimum Gasteiger partial charge on any atom is -0.207 e. The van der Waals surface area contributed by atoms with Crippen molar-refractivity contribution in [3.05, 3.63) is 41.5 Å². The summed E-state index contributed by atoms with van der Waals surface area (Å²) in [6, 6.07) is 7.32. The molecule has 1 aliphatic rings. The average molecular weight is 307 g/mol. The first-order valence-electron chi connectivity index (χ1n) is 7.63. The summed E-state index contributed by atoms with van der Waals surface area (Å²) in [6.07, 6.45) is 6.55. The third-order valence-electron chi connectivity index (χ3n) is 3.84. The largest absolute Gasteiger partial charge is 0.243 e. The van der Waals surface area contributed by atoms with E-state index in [1.54, 1.807) is 16.4 Å². The first kappa shape index (κ1) is 16.2. The second-order valence-electron chi connectivity index (χ2n) is 6.11. The van der Waals surface area contributed by atoms with Gasteiger partial charge in [0.15, 0.2) is 0 Å². The molecule has 1 aliphatic heterocycles. The van der Waals surface area contributed by atoms with Gasteiger partial charge in [0.05, 0.1) is 4.90 Å². The van der Waals surface area contributed by atoms with E-state index in [0.29, 0.717) is 11.4 Å². The second kappa shape index (κ2) is 6.75. The number of benzene rings is 1. The molecule has 2 atom stereocenters. The number of hydrogen-bond acceptors (Lipinski definition) is 2. The Labute approximate surface area is 128 Å². The molecule has 0 aliphatic carbocycles. The molecule has 116 valence electrons. The Morgan fingerprint density at radius 2 is 1.90 bits per heavy atom. The highest BCUT2D eigenvalue weighted by Crippen LogP contribution is 2.31. The topological polar surface area (TPSA) is 37.1 Å². The Kier molecular flexibility index (Phi) is 5.22. The van der Waals surface area contributed by atoms with Crippen molar-refractivity contribution in [2.45, 2.75) is 57.4 Å². The van der Waals surface area contributed by atoms with Crippen LogP contribution in [0.2, 0.25) is 0 Å². The van der Waals surface area contributed by atoms with Crippen LogP contribution in [0.25, 0.3) is 0 Å². The molecule has 0 N–H and O–H groups in total. The number of unbranched alkanes of at least 4 members (excludes halogenated alkanes) is 2. The maximum atomic E-state index is 12.4. The highest BCUT2D eigenvalue weighted by atomic mass is 32.2. The maximum absolute atomic E-state index is 12.4. The van der Waals surface area contributed by atoms with E-state index in [1.807, 2.05) is 19.1 Å². The van der Waals surface area contributed by atoms with E-state index in [1.165, 1.54) is 5.57 Å². The monoisotopic (exact) mass is 307 g/mol. The van der Waals surface area contributed by atoms with Gasteiger partial charge in [0.2, 0.25) is 10.0 Å². The molecule has 0 saturated carbocycles. The summed E-state index contributed by atoms with van der Waals surface area (Å²) in [6.45, 7) is 6.86. The van der Waals surface area contributed by atoms with Crippen molar-refractivity contribution >= 4 is 10.0 Å². The molecule has 4 heteroatoms. The van der Waals surface area contributed by atoms with Crippen molar-refractivity contribution in [1.82, 2.24) is 4.31 Å². The normalized spacial score (nSPS) is 21.1. The van der Waals surface area contributed by atoms with Crippen LogP contribution in [0.5, 0.6) is 0 Å². The third-order valence-corrected chi connectivity index (χ3v) is 5.77. The van der Waals surface area contributed by atoms with Crippen molar-refractivity contribution in [2.75, 3.05) is 6.54 Å². The molecule has 1 heterocycles. The fraction of sp³-hybridized carbons (Fsp3) is 0.529. The van der Waals surface area contributed by atoms with Crippen LogP contribution in [-0.4, -0.2) is 25.3 Å². The average Bonchev–Trinajstić information content (AvgIpc) is 3.19. The van der Waals surface area contributed by atoms with Gasteiger partial charge in [-0.15, -0.1) is 0 Å². The zero-order valence-electron chi connectivity index (χ0n) is 13.2. The van der Waals surface area contributed by atoms with Crippen LogP contribution in [0.4, 0.5) is 0 Å². The molecule has 2 unspecified atom stereocenters. The van der Waals surface area contributed by atoms with Crippen molar-refractivity contribution in [3.8, 4) is 0 Å². The molecular formula is C17H25NO2S. The molecule has 1 aromatic rings. The molecule has 1 aromatic carbocycles. The molecule has 21 heavy (non-hydrogen) atoms. The van der Waals surface area contributed by atoms with Crippen molar-refractivity contribution < 1.29 is 8.42 Å². The Balaban J connectivity index is 1.82. The summed E-state index contributed by atoms with van der Waals surface area (Å²) < 4.78 is 26.4. The SMILES string of the molecule is CC(C)=CCCCCC1CN1S(=O)(=O)c1ccc(C)cc1. The smallest absolute Gasteiger partial charge is 0.207 e. The van der Waals surface area contributed by atoms with E-state index in [2.05, 4.69) is 19.9 Å².